The Kier molecular flexibility index (Phi) is 6.71. The summed E-state index contributed by atoms with van der Waals surface area (Å²) >= 11 is 6.16. The molecular formula is C15H23ClN2O. The largest absolute Gasteiger partial charge is 0.382 e. The Bertz CT molecular complexity index is 415. The molecule has 1 aromatic rings. The van der Waals surface area contributed by atoms with E-state index in [0.717, 1.165) is 31.4 Å². The molecule has 0 unspecified atom stereocenters. The lowest BCUT2D eigenvalue weighted by Gasteiger charge is -2.19. The van der Waals surface area contributed by atoms with Crippen molar-refractivity contribution in [3.05, 3.63) is 23.2 Å². The molecule has 1 rings (SSSR count). The number of carbonyl (C=O) groups is 1. The minimum absolute atomic E-state index is 0.113. The molecule has 19 heavy (non-hydrogen) atoms. The van der Waals surface area contributed by atoms with Crippen molar-refractivity contribution in [2.45, 2.75) is 52.5 Å². The van der Waals surface area contributed by atoms with E-state index in [4.69, 9.17) is 11.6 Å². The summed E-state index contributed by atoms with van der Waals surface area (Å²) in [4.78, 5) is 11.0. The maximum atomic E-state index is 11.0. The van der Waals surface area contributed by atoms with E-state index < -0.39 is 0 Å². The fraction of sp³-hybridized carbons (Fsp3) is 0.533. The van der Waals surface area contributed by atoms with Gasteiger partial charge in [0.2, 0.25) is 5.91 Å². The molecule has 0 saturated heterocycles. The van der Waals surface area contributed by atoms with Crippen LogP contribution in [0, 0.1) is 0 Å². The summed E-state index contributed by atoms with van der Waals surface area (Å²) in [6.07, 6.45) is 4.63. The van der Waals surface area contributed by atoms with Gasteiger partial charge in [0.25, 0.3) is 0 Å². The average Bonchev–Trinajstić information content (AvgIpc) is 2.33. The first-order valence-electron chi connectivity index (χ1n) is 6.90. The quantitative estimate of drug-likeness (QED) is 0.762. The highest BCUT2D eigenvalue weighted by molar-refractivity contribution is 6.34. The molecule has 1 aromatic carbocycles. The van der Waals surface area contributed by atoms with Crippen molar-refractivity contribution in [2.24, 2.45) is 0 Å². The summed E-state index contributed by atoms with van der Waals surface area (Å²) in [7, 11) is 0. The topological polar surface area (TPSA) is 41.1 Å². The van der Waals surface area contributed by atoms with Gasteiger partial charge >= 0.3 is 0 Å². The lowest BCUT2D eigenvalue weighted by Crippen LogP contribution is -2.18. The number of benzene rings is 1. The molecule has 3 nitrogen and oxygen atoms in total. The molecule has 0 aromatic heterocycles. The monoisotopic (exact) mass is 282 g/mol. The van der Waals surface area contributed by atoms with E-state index >= 15 is 0 Å². The highest BCUT2D eigenvalue weighted by Crippen LogP contribution is 2.26. The van der Waals surface area contributed by atoms with E-state index in [2.05, 4.69) is 24.5 Å². The molecule has 2 N–H and O–H groups in total. The van der Waals surface area contributed by atoms with Gasteiger partial charge in [0, 0.05) is 18.7 Å². The molecule has 0 bridgehead atoms. The number of amides is 1. The summed E-state index contributed by atoms with van der Waals surface area (Å²) in [6.45, 7) is 5.86. The van der Waals surface area contributed by atoms with Gasteiger partial charge in [-0.1, -0.05) is 38.3 Å². The molecule has 106 valence electrons. The fourth-order valence-electron chi connectivity index (χ4n) is 2.12. The van der Waals surface area contributed by atoms with Crippen LogP contribution in [0.2, 0.25) is 5.02 Å². The number of nitrogens with one attached hydrogen (secondary N) is 2. The van der Waals surface area contributed by atoms with Crippen molar-refractivity contribution in [3.63, 3.8) is 0 Å². The second kappa shape index (κ2) is 8.05. The SMILES string of the molecule is CCCC(CCC)Nc1ccc(NC(C)=O)c(Cl)c1. The smallest absolute Gasteiger partial charge is 0.221 e. The third kappa shape index (κ3) is 5.52. The summed E-state index contributed by atoms with van der Waals surface area (Å²) in [5.41, 5.74) is 1.66. The van der Waals surface area contributed by atoms with Gasteiger partial charge in [0.05, 0.1) is 10.7 Å². The molecule has 0 aliphatic rings. The number of carbonyl (C=O) groups excluding carboxylic acids is 1. The predicted molar refractivity (Wildman–Crippen MR) is 83.0 cm³/mol. The van der Waals surface area contributed by atoms with Crippen molar-refractivity contribution in [3.8, 4) is 0 Å². The first kappa shape index (κ1) is 15.8. The van der Waals surface area contributed by atoms with E-state index in [0.29, 0.717) is 16.8 Å². The molecule has 0 heterocycles. The zero-order valence-electron chi connectivity index (χ0n) is 11.9. The summed E-state index contributed by atoms with van der Waals surface area (Å²) in [5, 5.41) is 6.77. The van der Waals surface area contributed by atoms with Crippen molar-refractivity contribution < 1.29 is 4.79 Å². The standard InChI is InChI=1S/C15H23ClN2O/c1-4-6-12(7-5-2)18-13-8-9-15(14(16)10-13)17-11(3)19/h8-10,12,18H,4-7H2,1-3H3,(H,17,19). The molecule has 0 atom stereocenters. The Morgan fingerprint density at radius 1 is 1.26 bits per heavy atom. The number of hydrogen-bond acceptors (Lipinski definition) is 2. The van der Waals surface area contributed by atoms with Crippen LogP contribution in [0.3, 0.4) is 0 Å². The Morgan fingerprint density at radius 2 is 1.89 bits per heavy atom. The van der Waals surface area contributed by atoms with Crippen molar-refractivity contribution in [2.75, 3.05) is 10.6 Å². The maximum absolute atomic E-state index is 11.0. The molecule has 0 aliphatic heterocycles. The highest BCUT2D eigenvalue weighted by atomic mass is 35.5. The van der Waals surface area contributed by atoms with Crippen LogP contribution in [-0.2, 0) is 4.79 Å². The van der Waals surface area contributed by atoms with Crippen LogP contribution in [0.1, 0.15) is 46.5 Å². The van der Waals surface area contributed by atoms with Crippen molar-refractivity contribution >= 4 is 28.9 Å². The zero-order valence-corrected chi connectivity index (χ0v) is 12.7. The van der Waals surface area contributed by atoms with Crippen molar-refractivity contribution in [1.82, 2.24) is 0 Å². The van der Waals surface area contributed by atoms with Crippen molar-refractivity contribution in [1.29, 1.82) is 0 Å². The first-order chi connectivity index (χ1) is 9.06. The summed E-state index contributed by atoms with van der Waals surface area (Å²) in [6, 6.07) is 6.14. The number of rotatable bonds is 7. The molecule has 0 radical (unpaired) electrons. The summed E-state index contributed by atoms with van der Waals surface area (Å²) in [5.74, 6) is -0.113. The van der Waals surface area contributed by atoms with Crippen LogP contribution in [0.15, 0.2) is 18.2 Å². The van der Waals surface area contributed by atoms with Crippen LogP contribution in [0.4, 0.5) is 11.4 Å². The van der Waals surface area contributed by atoms with E-state index in [-0.39, 0.29) is 5.91 Å². The third-order valence-corrected chi connectivity index (χ3v) is 3.24. The predicted octanol–water partition coefficient (Wildman–Crippen LogP) is 4.68. The fourth-order valence-corrected chi connectivity index (χ4v) is 2.35. The van der Waals surface area contributed by atoms with Crippen LogP contribution in [0.25, 0.3) is 0 Å². The third-order valence-electron chi connectivity index (χ3n) is 2.92. The Morgan fingerprint density at radius 3 is 2.37 bits per heavy atom. The number of hydrogen-bond donors (Lipinski definition) is 2. The van der Waals surface area contributed by atoms with Crippen LogP contribution < -0.4 is 10.6 Å². The number of anilines is 2. The minimum atomic E-state index is -0.113. The Balaban J connectivity index is 2.73. The molecular weight excluding hydrogens is 260 g/mol. The molecule has 1 amide bonds. The first-order valence-corrected chi connectivity index (χ1v) is 7.28. The normalized spacial score (nSPS) is 10.6. The van der Waals surface area contributed by atoms with Gasteiger partial charge in [-0.25, -0.2) is 0 Å². The van der Waals surface area contributed by atoms with Gasteiger partial charge in [0.15, 0.2) is 0 Å². The molecule has 4 heteroatoms. The molecule has 0 fully saturated rings. The van der Waals surface area contributed by atoms with E-state index in [1.807, 2.05) is 18.2 Å². The lowest BCUT2D eigenvalue weighted by atomic mass is 10.1. The zero-order chi connectivity index (χ0) is 14.3. The van der Waals surface area contributed by atoms with E-state index in [1.54, 1.807) is 0 Å². The van der Waals surface area contributed by atoms with Crippen LogP contribution >= 0.6 is 11.6 Å². The van der Waals surface area contributed by atoms with Gasteiger partial charge in [-0.05, 0) is 31.0 Å². The van der Waals surface area contributed by atoms with E-state index in [9.17, 15) is 4.79 Å². The Hall–Kier alpha value is -1.22. The second-order valence-corrected chi connectivity index (χ2v) is 5.20. The van der Waals surface area contributed by atoms with Crippen LogP contribution in [-0.4, -0.2) is 11.9 Å². The maximum Gasteiger partial charge on any atom is 0.221 e. The van der Waals surface area contributed by atoms with Gasteiger partial charge in [0.1, 0.15) is 0 Å². The number of halogens is 1. The molecule has 0 aliphatic carbocycles. The molecule has 0 spiro atoms. The highest BCUT2D eigenvalue weighted by Gasteiger charge is 2.08. The Labute approximate surface area is 120 Å². The van der Waals surface area contributed by atoms with Gasteiger partial charge in [-0.3, -0.25) is 4.79 Å². The molecule has 0 saturated carbocycles. The van der Waals surface area contributed by atoms with Crippen LogP contribution in [0.5, 0.6) is 0 Å². The van der Waals surface area contributed by atoms with Gasteiger partial charge < -0.3 is 10.6 Å². The second-order valence-electron chi connectivity index (χ2n) is 4.79. The van der Waals surface area contributed by atoms with Gasteiger partial charge in [-0.2, -0.15) is 0 Å². The minimum Gasteiger partial charge on any atom is -0.382 e. The summed E-state index contributed by atoms with van der Waals surface area (Å²) < 4.78 is 0. The van der Waals surface area contributed by atoms with Gasteiger partial charge in [-0.15, -0.1) is 0 Å². The lowest BCUT2D eigenvalue weighted by molar-refractivity contribution is -0.114. The average molecular weight is 283 g/mol. The van der Waals surface area contributed by atoms with E-state index in [1.165, 1.54) is 6.92 Å².